The molecule has 2 atom stereocenters. The Morgan fingerprint density at radius 1 is 1.17 bits per heavy atom. The van der Waals surface area contributed by atoms with Crippen LogP contribution in [-0.2, 0) is 4.74 Å². The number of ether oxygens (including phenoxy) is 1. The first-order valence-corrected chi connectivity index (χ1v) is 7.49. The molecule has 0 radical (unpaired) electrons. The molecule has 2 aromatic carbocycles. The zero-order chi connectivity index (χ0) is 12.4. The van der Waals surface area contributed by atoms with Gasteiger partial charge in [0.25, 0.3) is 0 Å². The largest absolute Gasteiger partial charge is 0.378 e. The molecule has 1 heterocycles. The van der Waals surface area contributed by atoms with Crippen molar-refractivity contribution in [2.45, 2.75) is 30.2 Å². The van der Waals surface area contributed by atoms with E-state index in [-0.39, 0.29) is 0 Å². The molecular formula is C16H17BrO. The molecule has 1 aliphatic heterocycles. The summed E-state index contributed by atoms with van der Waals surface area (Å²) in [6.45, 7) is 0.930. The second kappa shape index (κ2) is 5.41. The molecular weight excluding hydrogens is 288 g/mol. The molecule has 0 spiro atoms. The van der Waals surface area contributed by atoms with Crippen LogP contribution in [0.5, 0.6) is 0 Å². The van der Waals surface area contributed by atoms with Crippen LogP contribution in [0.15, 0.2) is 42.5 Å². The molecule has 1 aliphatic rings. The second-order valence-corrected chi connectivity index (χ2v) is 6.01. The highest BCUT2D eigenvalue weighted by atomic mass is 79.9. The van der Waals surface area contributed by atoms with Crippen LogP contribution in [0.2, 0.25) is 0 Å². The molecule has 2 unspecified atom stereocenters. The van der Waals surface area contributed by atoms with Gasteiger partial charge in [0.1, 0.15) is 0 Å². The SMILES string of the molecule is BrC(CC1CCCO1)c1cccc2ccccc12. The van der Waals surface area contributed by atoms with Crippen LogP contribution in [0.3, 0.4) is 0 Å². The van der Waals surface area contributed by atoms with Gasteiger partial charge in [-0.15, -0.1) is 0 Å². The Morgan fingerprint density at radius 2 is 2.00 bits per heavy atom. The van der Waals surface area contributed by atoms with Gasteiger partial charge in [-0.1, -0.05) is 58.4 Å². The van der Waals surface area contributed by atoms with Crippen molar-refractivity contribution in [2.24, 2.45) is 0 Å². The van der Waals surface area contributed by atoms with Gasteiger partial charge in [0.05, 0.1) is 6.10 Å². The topological polar surface area (TPSA) is 9.23 Å². The van der Waals surface area contributed by atoms with Gasteiger partial charge in [-0.25, -0.2) is 0 Å². The van der Waals surface area contributed by atoms with E-state index in [1.54, 1.807) is 0 Å². The minimum Gasteiger partial charge on any atom is -0.378 e. The summed E-state index contributed by atoms with van der Waals surface area (Å²) in [5.41, 5.74) is 1.38. The summed E-state index contributed by atoms with van der Waals surface area (Å²) in [5.74, 6) is 0. The summed E-state index contributed by atoms with van der Waals surface area (Å²) in [6.07, 6.45) is 3.90. The molecule has 18 heavy (non-hydrogen) atoms. The van der Waals surface area contributed by atoms with Crippen molar-refractivity contribution in [3.05, 3.63) is 48.0 Å². The van der Waals surface area contributed by atoms with Crippen LogP contribution in [0, 0.1) is 0 Å². The lowest BCUT2D eigenvalue weighted by Gasteiger charge is -2.17. The van der Waals surface area contributed by atoms with E-state index in [0.29, 0.717) is 10.9 Å². The van der Waals surface area contributed by atoms with Crippen molar-refractivity contribution in [3.8, 4) is 0 Å². The van der Waals surface area contributed by atoms with Gasteiger partial charge in [-0.2, -0.15) is 0 Å². The lowest BCUT2D eigenvalue weighted by molar-refractivity contribution is 0.104. The predicted molar refractivity (Wildman–Crippen MR) is 79.2 cm³/mol. The van der Waals surface area contributed by atoms with Gasteiger partial charge in [0.2, 0.25) is 0 Å². The summed E-state index contributed by atoms with van der Waals surface area (Å²) in [6, 6.07) is 15.1. The van der Waals surface area contributed by atoms with Crippen molar-refractivity contribution in [3.63, 3.8) is 0 Å². The third-order valence-corrected chi connectivity index (χ3v) is 4.52. The van der Waals surface area contributed by atoms with Gasteiger partial charge < -0.3 is 4.74 Å². The van der Waals surface area contributed by atoms with Crippen LogP contribution in [0.25, 0.3) is 10.8 Å². The number of hydrogen-bond acceptors (Lipinski definition) is 1. The highest BCUT2D eigenvalue weighted by molar-refractivity contribution is 9.09. The number of rotatable bonds is 3. The van der Waals surface area contributed by atoms with E-state index in [0.717, 1.165) is 13.0 Å². The molecule has 2 aromatic rings. The van der Waals surface area contributed by atoms with Crippen molar-refractivity contribution in [2.75, 3.05) is 6.61 Å². The molecule has 0 saturated carbocycles. The van der Waals surface area contributed by atoms with Gasteiger partial charge in [0, 0.05) is 11.4 Å². The number of hydrogen-bond donors (Lipinski definition) is 0. The Morgan fingerprint density at radius 3 is 2.83 bits per heavy atom. The normalized spacial score (nSPS) is 21.3. The van der Waals surface area contributed by atoms with E-state index in [1.807, 2.05) is 0 Å². The fraction of sp³-hybridized carbons (Fsp3) is 0.375. The zero-order valence-electron chi connectivity index (χ0n) is 10.3. The van der Waals surface area contributed by atoms with Crippen molar-refractivity contribution in [1.82, 2.24) is 0 Å². The van der Waals surface area contributed by atoms with Crippen molar-refractivity contribution >= 4 is 26.7 Å². The van der Waals surface area contributed by atoms with Gasteiger partial charge in [-0.05, 0) is 35.6 Å². The number of halogens is 1. The van der Waals surface area contributed by atoms with Crippen LogP contribution in [0.4, 0.5) is 0 Å². The van der Waals surface area contributed by atoms with Crippen molar-refractivity contribution < 1.29 is 4.74 Å². The van der Waals surface area contributed by atoms with Crippen molar-refractivity contribution in [1.29, 1.82) is 0 Å². The summed E-state index contributed by atoms with van der Waals surface area (Å²) in [4.78, 5) is 0.381. The maximum Gasteiger partial charge on any atom is 0.0589 e. The molecule has 0 aromatic heterocycles. The van der Waals surface area contributed by atoms with E-state index in [9.17, 15) is 0 Å². The first kappa shape index (κ1) is 12.2. The minimum absolute atomic E-state index is 0.381. The third kappa shape index (κ3) is 2.45. The molecule has 94 valence electrons. The Balaban J connectivity index is 1.88. The number of alkyl halides is 1. The van der Waals surface area contributed by atoms with E-state index >= 15 is 0 Å². The van der Waals surface area contributed by atoms with E-state index in [1.165, 1.54) is 29.2 Å². The summed E-state index contributed by atoms with van der Waals surface area (Å²) >= 11 is 3.84. The standard InChI is InChI=1S/C16H17BrO/c17-16(11-13-7-4-10-18-13)15-9-3-6-12-5-1-2-8-14(12)15/h1-3,5-6,8-9,13,16H,4,7,10-11H2. The number of benzene rings is 2. The fourth-order valence-corrected chi connectivity index (χ4v) is 3.53. The van der Waals surface area contributed by atoms with Crippen LogP contribution in [0.1, 0.15) is 29.7 Å². The maximum absolute atomic E-state index is 5.73. The smallest absolute Gasteiger partial charge is 0.0589 e. The van der Waals surface area contributed by atoms with Gasteiger partial charge >= 0.3 is 0 Å². The molecule has 1 fully saturated rings. The second-order valence-electron chi connectivity index (χ2n) is 4.91. The Hall–Kier alpha value is -0.860. The van der Waals surface area contributed by atoms with Gasteiger partial charge in [0.15, 0.2) is 0 Å². The molecule has 0 N–H and O–H groups in total. The van der Waals surface area contributed by atoms with E-state index in [2.05, 4.69) is 58.4 Å². The Bertz CT molecular complexity index is 526. The summed E-state index contributed by atoms with van der Waals surface area (Å²) < 4.78 is 5.73. The minimum atomic E-state index is 0.381. The highest BCUT2D eigenvalue weighted by Gasteiger charge is 2.21. The summed E-state index contributed by atoms with van der Waals surface area (Å²) in [5, 5.41) is 2.66. The van der Waals surface area contributed by atoms with Crippen LogP contribution in [-0.4, -0.2) is 12.7 Å². The Kier molecular flexibility index (Phi) is 3.67. The molecule has 2 heteroatoms. The molecule has 0 bridgehead atoms. The fourth-order valence-electron chi connectivity index (χ4n) is 2.71. The maximum atomic E-state index is 5.73. The third-order valence-electron chi connectivity index (χ3n) is 3.65. The molecule has 0 amide bonds. The predicted octanol–water partition coefficient (Wildman–Crippen LogP) is 4.84. The lowest BCUT2D eigenvalue weighted by Crippen LogP contribution is -2.08. The average Bonchev–Trinajstić information content (AvgIpc) is 2.91. The quantitative estimate of drug-likeness (QED) is 0.737. The highest BCUT2D eigenvalue weighted by Crippen LogP contribution is 2.35. The van der Waals surface area contributed by atoms with Crippen LogP contribution >= 0.6 is 15.9 Å². The summed E-state index contributed by atoms with van der Waals surface area (Å²) in [7, 11) is 0. The monoisotopic (exact) mass is 304 g/mol. The zero-order valence-corrected chi connectivity index (χ0v) is 11.9. The lowest BCUT2D eigenvalue weighted by atomic mass is 9.99. The molecule has 1 saturated heterocycles. The first-order chi connectivity index (χ1) is 8.84. The van der Waals surface area contributed by atoms with Crippen LogP contribution < -0.4 is 0 Å². The van der Waals surface area contributed by atoms with E-state index in [4.69, 9.17) is 4.74 Å². The average molecular weight is 305 g/mol. The Labute approximate surface area is 116 Å². The molecule has 1 nitrogen and oxygen atoms in total. The van der Waals surface area contributed by atoms with Gasteiger partial charge in [-0.3, -0.25) is 0 Å². The first-order valence-electron chi connectivity index (χ1n) is 6.58. The van der Waals surface area contributed by atoms with E-state index < -0.39 is 0 Å². The number of fused-ring (bicyclic) bond motifs is 1. The molecule has 0 aliphatic carbocycles. The molecule has 3 rings (SSSR count).